The molecule has 2 aromatic rings. The number of fused-ring (bicyclic) bond motifs is 3. The summed E-state index contributed by atoms with van der Waals surface area (Å²) in [6.45, 7) is 0.732. The molecular formula is C14H12F2N2S. The maximum absolute atomic E-state index is 13.4. The minimum absolute atomic E-state index is 0.139. The zero-order chi connectivity index (χ0) is 13.4. The average molecular weight is 278 g/mol. The van der Waals surface area contributed by atoms with Crippen molar-refractivity contribution in [2.45, 2.75) is 24.3 Å². The quantitative estimate of drug-likeness (QED) is 0.728. The van der Waals surface area contributed by atoms with E-state index < -0.39 is 11.6 Å². The highest BCUT2D eigenvalue weighted by molar-refractivity contribution is 7.71. The molecule has 0 spiro atoms. The molecule has 1 aliphatic carbocycles. The zero-order valence-corrected chi connectivity index (χ0v) is 11.2. The van der Waals surface area contributed by atoms with Gasteiger partial charge in [-0.1, -0.05) is 0 Å². The van der Waals surface area contributed by atoms with Crippen LogP contribution in [0.1, 0.15) is 23.6 Å². The Morgan fingerprint density at radius 2 is 1.95 bits per heavy atom. The van der Waals surface area contributed by atoms with Gasteiger partial charge in [0.25, 0.3) is 0 Å². The van der Waals surface area contributed by atoms with E-state index in [1.54, 1.807) is 0 Å². The Hall–Kier alpha value is -1.49. The van der Waals surface area contributed by atoms with Gasteiger partial charge in [-0.25, -0.2) is 8.78 Å². The predicted molar refractivity (Wildman–Crippen MR) is 69.6 cm³/mol. The van der Waals surface area contributed by atoms with Gasteiger partial charge in [0.05, 0.1) is 0 Å². The number of benzene rings is 1. The van der Waals surface area contributed by atoms with Crippen LogP contribution in [-0.2, 0) is 19.0 Å². The summed E-state index contributed by atoms with van der Waals surface area (Å²) in [7, 11) is 1.93. The third-order valence-electron chi connectivity index (χ3n) is 4.48. The monoisotopic (exact) mass is 278 g/mol. The van der Waals surface area contributed by atoms with Crippen LogP contribution in [0.15, 0.2) is 24.4 Å². The first kappa shape index (κ1) is 11.3. The summed E-state index contributed by atoms with van der Waals surface area (Å²) in [5.74, 6) is -0.664. The number of hydrogen-bond donors (Lipinski definition) is 0. The number of hydrogen-bond acceptors (Lipinski definition) is 1. The lowest BCUT2D eigenvalue weighted by molar-refractivity contribution is 0.544. The van der Waals surface area contributed by atoms with Gasteiger partial charge in [0.2, 0.25) is 0 Å². The van der Waals surface area contributed by atoms with Crippen LogP contribution in [0.4, 0.5) is 8.78 Å². The lowest BCUT2D eigenvalue weighted by Crippen LogP contribution is -2.13. The van der Waals surface area contributed by atoms with E-state index in [-0.39, 0.29) is 5.41 Å². The second-order valence-electron chi connectivity index (χ2n) is 5.60. The number of halogens is 2. The van der Waals surface area contributed by atoms with Crippen molar-refractivity contribution in [1.29, 1.82) is 0 Å². The molecule has 1 aromatic carbocycles. The molecule has 4 rings (SSSR count). The molecule has 0 saturated heterocycles. The summed E-state index contributed by atoms with van der Waals surface area (Å²) in [5, 5.41) is 0. The molecule has 0 amide bonds. The molecule has 2 aliphatic rings. The van der Waals surface area contributed by atoms with Crippen LogP contribution in [0.25, 0.3) is 0 Å². The van der Waals surface area contributed by atoms with E-state index in [4.69, 9.17) is 12.2 Å². The van der Waals surface area contributed by atoms with Crippen molar-refractivity contribution < 1.29 is 8.78 Å². The largest absolute Gasteiger partial charge is 0.327 e. The average Bonchev–Trinajstić information content (AvgIpc) is 2.90. The van der Waals surface area contributed by atoms with Crippen molar-refractivity contribution in [3.8, 4) is 0 Å². The molecule has 0 N–H and O–H groups in total. The smallest absolute Gasteiger partial charge is 0.179 e. The van der Waals surface area contributed by atoms with Gasteiger partial charge in [-0.3, -0.25) is 0 Å². The Balaban J connectivity index is 1.83. The van der Waals surface area contributed by atoms with E-state index in [1.807, 2.05) is 17.8 Å². The van der Waals surface area contributed by atoms with Gasteiger partial charge in [0.15, 0.2) is 4.77 Å². The molecule has 0 unspecified atom stereocenters. The van der Waals surface area contributed by atoms with E-state index in [1.165, 1.54) is 17.8 Å². The van der Waals surface area contributed by atoms with Crippen molar-refractivity contribution in [1.82, 2.24) is 9.13 Å². The van der Waals surface area contributed by atoms with Crippen LogP contribution in [0.2, 0.25) is 0 Å². The molecule has 0 radical (unpaired) electrons. The van der Waals surface area contributed by atoms with Crippen molar-refractivity contribution in [3.63, 3.8) is 0 Å². The number of nitrogens with zero attached hydrogens (tertiary/aromatic N) is 2. The van der Waals surface area contributed by atoms with Crippen LogP contribution in [0.5, 0.6) is 0 Å². The normalized spacial score (nSPS) is 27.2. The number of aromatic nitrogens is 2. The first-order valence-electron chi connectivity index (χ1n) is 6.24. The minimum Gasteiger partial charge on any atom is -0.327 e. The summed E-state index contributed by atoms with van der Waals surface area (Å²) in [6.07, 6.45) is 2.99. The van der Waals surface area contributed by atoms with E-state index in [9.17, 15) is 8.78 Å². The Labute approximate surface area is 114 Å². The van der Waals surface area contributed by atoms with Crippen LogP contribution in [0, 0.1) is 16.4 Å². The van der Waals surface area contributed by atoms with Gasteiger partial charge in [-0.2, -0.15) is 0 Å². The summed E-state index contributed by atoms with van der Waals surface area (Å²) < 4.78 is 31.6. The summed E-state index contributed by atoms with van der Waals surface area (Å²) >= 11 is 5.36. The standard InChI is InChI=1S/C14H12F2N2S/c1-17-6-12-11-5-14(11,7-18(12)13(17)19)8-2-9(15)4-10(16)3-8/h2-4,6,11H,5,7H2,1H3/t11-,14+/m0/s1. The van der Waals surface area contributed by atoms with Crippen molar-refractivity contribution in [2.75, 3.05) is 0 Å². The summed E-state index contributed by atoms with van der Waals surface area (Å²) in [5.41, 5.74) is 1.81. The highest BCUT2D eigenvalue weighted by Gasteiger charge is 2.61. The highest BCUT2D eigenvalue weighted by atomic mass is 32.1. The fraction of sp³-hybridized carbons (Fsp3) is 0.357. The molecule has 1 saturated carbocycles. The van der Waals surface area contributed by atoms with Crippen molar-refractivity contribution in [2.24, 2.45) is 7.05 Å². The summed E-state index contributed by atoms with van der Waals surface area (Å²) in [4.78, 5) is 0. The van der Waals surface area contributed by atoms with E-state index in [2.05, 4.69) is 4.57 Å². The predicted octanol–water partition coefficient (Wildman–Crippen LogP) is 3.27. The summed E-state index contributed by atoms with van der Waals surface area (Å²) in [6, 6.07) is 3.84. The number of rotatable bonds is 1. The molecule has 98 valence electrons. The molecule has 2 heterocycles. The Morgan fingerprint density at radius 1 is 1.26 bits per heavy atom. The first-order chi connectivity index (χ1) is 9.01. The van der Waals surface area contributed by atoms with Gasteiger partial charge in [0, 0.05) is 42.9 Å². The Kier molecular flexibility index (Phi) is 1.99. The third-order valence-corrected chi connectivity index (χ3v) is 4.99. The van der Waals surface area contributed by atoms with E-state index >= 15 is 0 Å². The van der Waals surface area contributed by atoms with E-state index in [0.29, 0.717) is 5.92 Å². The highest BCUT2D eigenvalue weighted by Crippen LogP contribution is 2.65. The molecule has 1 fully saturated rings. The first-order valence-corrected chi connectivity index (χ1v) is 6.65. The topological polar surface area (TPSA) is 9.86 Å². The lowest BCUT2D eigenvalue weighted by Gasteiger charge is -2.13. The van der Waals surface area contributed by atoms with Gasteiger partial charge >= 0.3 is 0 Å². The van der Waals surface area contributed by atoms with E-state index in [0.717, 1.165) is 29.4 Å². The lowest BCUT2D eigenvalue weighted by atomic mass is 9.94. The van der Waals surface area contributed by atoms with Crippen LogP contribution >= 0.6 is 12.2 Å². The second kappa shape index (κ2) is 3.33. The molecule has 19 heavy (non-hydrogen) atoms. The van der Waals surface area contributed by atoms with Gasteiger partial charge in [-0.05, 0) is 36.3 Å². The van der Waals surface area contributed by atoms with Crippen molar-refractivity contribution in [3.05, 3.63) is 52.1 Å². The van der Waals surface area contributed by atoms with Crippen LogP contribution in [-0.4, -0.2) is 9.13 Å². The molecular weight excluding hydrogens is 266 g/mol. The number of aryl methyl sites for hydroxylation is 1. The van der Waals surface area contributed by atoms with Gasteiger partial charge in [-0.15, -0.1) is 0 Å². The molecule has 1 aliphatic heterocycles. The fourth-order valence-electron chi connectivity index (χ4n) is 3.46. The Bertz CT molecular complexity index is 741. The molecule has 1 aromatic heterocycles. The maximum atomic E-state index is 13.4. The molecule has 2 nitrogen and oxygen atoms in total. The fourth-order valence-corrected chi connectivity index (χ4v) is 3.69. The number of imidazole rings is 1. The third kappa shape index (κ3) is 1.36. The molecule has 5 heteroatoms. The van der Waals surface area contributed by atoms with Crippen molar-refractivity contribution >= 4 is 12.2 Å². The van der Waals surface area contributed by atoms with Gasteiger partial charge < -0.3 is 9.13 Å². The zero-order valence-electron chi connectivity index (χ0n) is 10.4. The van der Waals surface area contributed by atoms with Crippen LogP contribution < -0.4 is 0 Å². The van der Waals surface area contributed by atoms with Gasteiger partial charge in [0.1, 0.15) is 11.6 Å². The SMILES string of the molecule is Cn1cc2n(c1=S)C[C@@]1(c3cc(F)cc(F)c3)C[C@@H]21. The van der Waals surface area contributed by atoms with Crippen LogP contribution in [0.3, 0.4) is 0 Å². The Morgan fingerprint density at radius 3 is 2.58 bits per heavy atom. The molecule has 0 bridgehead atoms. The minimum atomic E-state index is -0.504. The molecule has 2 atom stereocenters. The second-order valence-corrected chi connectivity index (χ2v) is 5.97. The maximum Gasteiger partial charge on any atom is 0.179 e.